The number of methoxy groups -OCH3 is 1. The smallest absolute Gasteiger partial charge is 0.281 e. The van der Waals surface area contributed by atoms with Crippen LogP contribution in [0.2, 0.25) is 0 Å². The van der Waals surface area contributed by atoms with E-state index in [0.717, 1.165) is 24.0 Å². The molecule has 1 aliphatic heterocycles. The predicted octanol–water partition coefficient (Wildman–Crippen LogP) is 5.44. The Kier molecular flexibility index (Phi) is 6.15. The van der Waals surface area contributed by atoms with Crippen molar-refractivity contribution in [2.75, 3.05) is 38.3 Å². The van der Waals surface area contributed by atoms with Crippen molar-refractivity contribution < 1.29 is 27.4 Å². The average Bonchev–Trinajstić information content (AvgIpc) is 3.63. The first kappa shape index (κ1) is 24.6. The molecule has 1 fully saturated rings. The number of anilines is 1. The molecule has 0 atom stereocenters. The van der Waals surface area contributed by atoms with Crippen molar-refractivity contribution >= 4 is 33.1 Å². The third kappa shape index (κ3) is 4.65. The number of halogens is 2. The number of imidazole rings is 1. The van der Waals surface area contributed by atoms with Crippen molar-refractivity contribution in [3.05, 3.63) is 52.8 Å². The molecule has 9 nitrogen and oxygen atoms in total. The van der Waals surface area contributed by atoms with E-state index in [0.29, 0.717) is 71.0 Å². The molecular weight excluding hydrogens is 516 g/mol. The molecule has 5 heterocycles. The van der Waals surface area contributed by atoms with Crippen LogP contribution in [0.4, 0.5) is 13.9 Å². The molecule has 0 radical (unpaired) electrons. The fraction of sp³-hybridized carbons (Fsp3) is 0.346. The molecule has 0 spiro atoms. The summed E-state index contributed by atoms with van der Waals surface area (Å²) in [4.78, 5) is 11.0. The summed E-state index contributed by atoms with van der Waals surface area (Å²) in [5.74, 6) is -1.60. The van der Waals surface area contributed by atoms with Gasteiger partial charge in [-0.05, 0) is 25.1 Å². The fourth-order valence-corrected chi connectivity index (χ4v) is 5.41. The Morgan fingerprint density at radius 1 is 1.13 bits per heavy atom. The van der Waals surface area contributed by atoms with Crippen molar-refractivity contribution in [2.24, 2.45) is 0 Å². The number of ether oxygens (including phenoxy) is 3. The Morgan fingerprint density at radius 2 is 1.95 bits per heavy atom. The molecular formula is C26H25F2N5O4S. The fourth-order valence-electron chi connectivity index (χ4n) is 4.36. The van der Waals surface area contributed by atoms with Crippen LogP contribution in [-0.4, -0.2) is 53.0 Å². The minimum atomic E-state index is -3.05. The minimum absolute atomic E-state index is 0.112. The van der Waals surface area contributed by atoms with Gasteiger partial charge < -0.3 is 23.5 Å². The zero-order valence-electron chi connectivity index (χ0n) is 21.0. The molecule has 1 aliphatic rings. The number of aromatic nitrogens is 4. The largest absolute Gasteiger partial charge is 0.496 e. The summed E-state index contributed by atoms with van der Waals surface area (Å²) in [5, 5.41) is 5.64. The number of nitrogens with zero attached hydrogens (tertiary/aromatic N) is 5. The van der Waals surface area contributed by atoms with Gasteiger partial charge in [-0.2, -0.15) is 5.10 Å². The molecule has 5 aromatic rings. The highest BCUT2D eigenvalue weighted by Gasteiger charge is 2.33. The van der Waals surface area contributed by atoms with Crippen LogP contribution in [0.15, 0.2) is 40.9 Å². The van der Waals surface area contributed by atoms with Crippen molar-refractivity contribution in [2.45, 2.75) is 26.4 Å². The summed E-state index contributed by atoms with van der Waals surface area (Å²) < 4.78 is 53.7. The summed E-state index contributed by atoms with van der Waals surface area (Å²) in [6, 6.07) is 9.03. The van der Waals surface area contributed by atoms with Crippen LogP contribution in [0.1, 0.15) is 23.2 Å². The van der Waals surface area contributed by atoms with Crippen LogP contribution in [0.3, 0.4) is 0 Å². The Bertz CT molecular complexity index is 1620. The Labute approximate surface area is 220 Å². The number of hydrogen-bond donors (Lipinski definition) is 0. The molecule has 0 unspecified atom stereocenters. The van der Waals surface area contributed by atoms with Gasteiger partial charge in [0.25, 0.3) is 5.92 Å². The van der Waals surface area contributed by atoms with E-state index in [9.17, 15) is 8.78 Å². The second-order valence-electron chi connectivity index (χ2n) is 9.10. The molecule has 4 aromatic heterocycles. The summed E-state index contributed by atoms with van der Waals surface area (Å²) in [6.07, 6.45) is 1.79. The highest BCUT2D eigenvalue weighted by Crippen LogP contribution is 2.40. The zero-order valence-corrected chi connectivity index (χ0v) is 21.8. The minimum Gasteiger partial charge on any atom is -0.496 e. The lowest BCUT2D eigenvalue weighted by molar-refractivity contribution is 0.0194. The van der Waals surface area contributed by atoms with Crippen molar-refractivity contribution in [1.82, 2.24) is 19.6 Å². The number of benzene rings is 1. The molecule has 0 aliphatic carbocycles. The first-order chi connectivity index (χ1) is 18.3. The molecule has 0 N–H and O–H groups in total. The van der Waals surface area contributed by atoms with Gasteiger partial charge in [0.05, 0.1) is 37.6 Å². The van der Waals surface area contributed by atoms with Gasteiger partial charge in [0, 0.05) is 32.1 Å². The molecule has 0 saturated carbocycles. The third-order valence-corrected chi connectivity index (χ3v) is 7.58. The molecule has 1 saturated heterocycles. The van der Waals surface area contributed by atoms with E-state index in [1.54, 1.807) is 22.8 Å². The quantitative estimate of drug-likeness (QED) is 0.269. The van der Waals surface area contributed by atoms with Crippen molar-refractivity contribution in [3.63, 3.8) is 0 Å². The van der Waals surface area contributed by atoms with E-state index < -0.39 is 5.92 Å². The van der Waals surface area contributed by atoms with Gasteiger partial charge in [-0.1, -0.05) is 11.3 Å². The summed E-state index contributed by atoms with van der Waals surface area (Å²) in [6.45, 7) is 4.93. The number of furan rings is 1. The summed E-state index contributed by atoms with van der Waals surface area (Å²) >= 11 is 0.993. The van der Waals surface area contributed by atoms with Gasteiger partial charge >= 0.3 is 0 Å². The van der Waals surface area contributed by atoms with E-state index in [2.05, 4.69) is 15.1 Å². The first-order valence-electron chi connectivity index (χ1n) is 12.1. The van der Waals surface area contributed by atoms with Gasteiger partial charge in [-0.15, -0.1) is 0 Å². The van der Waals surface area contributed by atoms with Crippen molar-refractivity contribution in [1.29, 1.82) is 0 Å². The first-order valence-corrected chi connectivity index (χ1v) is 12.9. The normalized spacial score (nSPS) is 14.5. The molecule has 198 valence electrons. The van der Waals surface area contributed by atoms with Crippen molar-refractivity contribution in [3.8, 4) is 23.0 Å². The molecule has 0 bridgehead atoms. The second-order valence-corrected chi connectivity index (χ2v) is 10.1. The van der Waals surface area contributed by atoms with Crippen LogP contribution in [0.5, 0.6) is 11.5 Å². The van der Waals surface area contributed by atoms with E-state index in [4.69, 9.17) is 18.6 Å². The summed E-state index contributed by atoms with van der Waals surface area (Å²) in [5.41, 5.74) is 2.87. The number of thiazole rings is 1. The molecule has 6 rings (SSSR count). The lowest BCUT2D eigenvalue weighted by Gasteiger charge is -2.26. The van der Waals surface area contributed by atoms with Crippen LogP contribution >= 0.6 is 11.3 Å². The van der Waals surface area contributed by atoms with E-state index in [1.807, 2.05) is 30.0 Å². The highest BCUT2D eigenvalue weighted by molar-refractivity contribution is 7.15. The zero-order chi connectivity index (χ0) is 26.4. The summed E-state index contributed by atoms with van der Waals surface area (Å²) in [7, 11) is 1.54. The van der Waals surface area contributed by atoms with Crippen LogP contribution < -0.4 is 14.4 Å². The topological polar surface area (TPSA) is 87.2 Å². The highest BCUT2D eigenvalue weighted by atomic mass is 32.1. The van der Waals surface area contributed by atoms with Gasteiger partial charge in [-0.25, -0.2) is 23.3 Å². The second kappa shape index (κ2) is 9.52. The number of rotatable bonds is 7. The average molecular weight is 542 g/mol. The lowest BCUT2D eigenvalue weighted by Crippen LogP contribution is -2.36. The van der Waals surface area contributed by atoms with Crippen LogP contribution in [-0.2, 0) is 17.3 Å². The third-order valence-electron chi connectivity index (χ3n) is 6.25. The molecule has 38 heavy (non-hydrogen) atoms. The Morgan fingerprint density at radius 3 is 2.71 bits per heavy atom. The number of aryl methyl sites for hydroxylation is 1. The lowest BCUT2D eigenvalue weighted by atomic mass is 10.2. The number of morpholine rings is 1. The Balaban J connectivity index is 1.34. The van der Waals surface area contributed by atoms with Gasteiger partial charge in [0.15, 0.2) is 16.5 Å². The number of hydrogen-bond acceptors (Lipinski definition) is 9. The maximum Gasteiger partial charge on any atom is 0.281 e. The molecule has 1 aromatic carbocycles. The monoisotopic (exact) mass is 541 g/mol. The maximum atomic E-state index is 14.5. The molecule has 12 heteroatoms. The van der Waals surface area contributed by atoms with Gasteiger partial charge in [0.1, 0.15) is 40.0 Å². The van der Waals surface area contributed by atoms with Gasteiger partial charge in [-0.3, -0.25) is 0 Å². The molecule has 0 amide bonds. The van der Waals surface area contributed by atoms with Crippen LogP contribution in [0, 0.1) is 6.92 Å². The number of alkyl halides is 2. The van der Waals surface area contributed by atoms with Crippen LogP contribution in [0.25, 0.3) is 28.1 Å². The predicted molar refractivity (Wildman–Crippen MR) is 139 cm³/mol. The van der Waals surface area contributed by atoms with E-state index in [-0.39, 0.29) is 17.2 Å². The van der Waals surface area contributed by atoms with E-state index >= 15 is 0 Å². The maximum absolute atomic E-state index is 14.5. The SMILES string of the molecule is COc1cc(OCc2nc(N3CCOCC3)sc2C(C)(F)F)c2cc(-c3cn4nc(C)ccc4n3)oc2c1. The van der Waals surface area contributed by atoms with Gasteiger partial charge in [0.2, 0.25) is 0 Å². The standard InChI is InChI=1S/C26H25F2N5O4S/c1-15-4-5-23-29-18(13-33(23)31-15)22-12-17-20(10-16(34-3)11-21(17)37-22)36-14-19-24(26(2,27)28)38-25(30-19)32-6-8-35-9-7-32/h4-5,10-13H,6-9,14H2,1-3H3. The van der Waals surface area contributed by atoms with E-state index in [1.165, 1.54) is 7.11 Å². The Hall–Kier alpha value is -3.77. The number of fused-ring (bicyclic) bond motifs is 2.